The van der Waals surface area contributed by atoms with Crippen LogP contribution in [0.2, 0.25) is 0 Å². The first-order chi connectivity index (χ1) is 12.2. The van der Waals surface area contributed by atoms with E-state index in [1.807, 2.05) is 42.5 Å². The van der Waals surface area contributed by atoms with Crippen molar-refractivity contribution in [2.45, 2.75) is 25.3 Å². The Morgan fingerprint density at radius 2 is 1.96 bits per heavy atom. The topological polar surface area (TPSA) is 102 Å². The molecule has 2 aromatic rings. The lowest BCUT2D eigenvalue weighted by atomic mass is 9.98. The Hall–Kier alpha value is -1.65. The van der Waals surface area contributed by atoms with E-state index in [-0.39, 0.29) is 6.61 Å². The summed E-state index contributed by atoms with van der Waals surface area (Å²) in [5.41, 5.74) is 5.20. The summed E-state index contributed by atoms with van der Waals surface area (Å²) in [4.78, 5) is 19.5. The number of para-hydroxylation sites is 1. The third-order valence-corrected chi connectivity index (χ3v) is 4.96. The van der Waals surface area contributed by atoms with Gasteiger partial charge in [0, 0.05) is 10.4 Å². The second-order valence-electron chi connectivity index (χ2n) is 6.09. The molecule has 8 heteroatoms. The van der Waals surface area contributed by atoms with Gasteiger partial charge in [-0.3, -0.25) is 4.52 Å². The van der Waals surface area contributed by atoms with E-state index in [1.54, 1.807) is 18.3 Å². The molecule has 1 aromatic heterocycles. The predicted octanol–water partition coefficient (Wildman–Crippen LogP) is 2.94. The Labute approximate surface area is 157 Å². The number of phosphoric acid groups is 1. The number of benzene rings is 1. The summed E-state index contributed by atoms with van der Waals surface area (Å²) in [6.07, 6.45) is 1.22. The smallest absolute Gasteiger partial charge is 0.469 e. The van der Waals surface area contributed by atoms with Crippen molar-refractivity contribution in [3.63, 3.8) is 0 Å². The summed E-state index contributed by atoms with van der Waals surface area (Å²) in [5.74, 6) is 6.83. The van der Waals surface area contributed by atoms with Crippen LogP contribution in [0, 0.1) is 11.8 Å². The minimum absolute atomic E-state index is 0.202. The molecule has 0 radical (unpaired) electrons. The predicted molar refractivity (Wildman–Crippen MR) is 102 cm³/mol. The van der Waals surface area contributed by atoms with Crippen molar-refractivity contribution in [1.29, 1.82) is 0 Å². The molecule has 1 heterocycles. The lowest BCUT2D eigenvalue weighted by molar-refractivity contribution is 0.154. The van der Waals surface area contributed by atoms with E-state index >= 15 is 0 Å². The Balaban J connectivity index is 1.79. The molecule has 1 aromatic carbocycles. The summed E-state index contributed by atoms with van der Waals surface area (Å²) in [7, 11) is -4.50. The quantitative estimate of drug-likeness (QED) is 0.469. The number of ether oxygens (including phenoxy) is 1. The van der Waals surface area contributed by atoms with Gasteiger partial charge in [-0.25, -0.2) is 4.57 Å². The Morgan fingerprint density at radius 1 is 1.23 bits per heavy atom. The molecule has 0 spiro atoms. The average molecular weight is 395 g/mol. The van der Waals surface area contributed by atoms with Gasteiger partial charge in [-0.1, -0.05) is 30.0 Å². The van der Waals surface area contributed by atoms with E-state index in [2.05, 4.69) is 16.4 Å². The molecule has 0 bridgehead atoms. The maximum absolute atomic E-state index is 10.8. The van der Waals surface area contributed by atoms with Crippen molar-refractivity contribution in [3.05, 3.63) is 52.2 Å². The second kappa shape index (κ2) is 9.33. The maximum atomic E-state index is 10.8. The van der Waals surface area contributed by atoms with Crippen molar-refractivity contribution >= 4 is 19.2 Å². The van der Waals surface area contributed by atoms with E-state index in [0.717, 1.165) is 15.5 Å². The van der Waals surface area contributed by atoms with Crippen LogP contribution < -0.4 is 10.5 Å². The minimum atomic E-state index is -4.50. The Morgan fingerprint density at radius 3 is 2.65 bits per heavy atom. The van der Waals surface area contributed by atoms with E-state index in [0.29, 0.717) is 19.4 Å². The molecule has 6 nitrogen and oxygen atoms in total. The number of thiophene rings is 1. The first-order valence-corrected chi connectivity index (χ1v) is 10.3. The highest BCUT2D eigenvalue weighted by Gasteiger charge is 2.24. The van der Waals surface area contributed by atoms with Gasteiger partial charge >= 0.3 is 7.82 Å². The van der Waals surface area contributed by atoms with Crippen LogP contribution in [0.25, 0.3) is 0 Å². The number of phosphoric ester groups is 1. The lowest BCUT2D eigenvalue weighted by Gasteiger charge is -2.24. The van der Waals surface area contributed by atoms with E-state index < -0.39 is 13.4 Å². The number of aryl methyl sites for hydroxylation is 1. The Kier molecular flexibility index (Phi) is 7.42. The molecule has 0 saturated carbocycles. The molecule has 1 atom stereocenters. The standard InChI is InChI=1S/C18H22NO5PS/c1-18(19,14-24-25(20,21)22)12-11-17-10-9-16(26-17)8-5-13-23-15-6-3-2-4-7-15/h2-4,6-7,9-10H,11-14,19H2,1H3,(H2,20,21,22). The van der Waals surface area contributed by atoms with Gasteiger partial charge < -0.3 is 20.3 Å². The van der Waals surface area contributed by atoms with Gasteiger partial charge in [-0.15, -0.1) is 11.3 Å². The highest BCUT2D eigenvalue weighted by Crippen LogP contribution is 2.37. The van der Waals surface area contributed by atoms with Crippen LogP contribution in [0.5, 0.6) is 5.75 Å². The van der Waals surface area contributed by atoms with Crippen LogP contribution in [-0.4, -0.2) is 28.5 Å². The van der Waals surface area contributed by atoms with Crippen LogP contribution in [0.4, 0.5) is 0 Å². The van der Waals surface area contributed by atoms with Crippen LogP contribution >= 0.6 is 19.2 Å². The van der Waals surface area contributed by atoms with E-state index in [4.69, 9.17) is 20.3 Å². The lowest BCUT2D eigenvalue weighted by Crippen LogP contribution is -2.41. The molecule has 2 rings (SSSR count). The van der Waals surface area contributed by atoms with E-state index in [9.17, 15) is 4.57 Å². The van der Waals surface area contributed by atoms with Crippen molar-refractivity contribution in [1.82, 2.24) is 0 Å². The monoisotopic (exact) mass is 395 g/mol. The zero-order chi connectivity index (χ0) is 19.0. The number of hydrogen-bond acceptors (Lipinski definition) is 5. The van der Waals surface area contributed by atoms with Crippen molar-refractivity contribution in [2.75, 3.05) is 13.2 Å². The molecule has 0 amide bonds. The number of hydrogen-bond donors (Lipinski definition) is 3. The fraction of sp³-hybridized carbons (Fsp3) is 0.333. The summed E-state index contributed by atoms with van der Waals surface area (Å²) in [5, 5.41) is 0. The Bertz CT molecular complexity index is 804. The third-order valence-electron chi connectivity index (χ3n) is 3.43. The van der Waals surface area contributed by atoms with Crippen LogP contribution in [0.15, 0.2) is 42.5 Å². The van der Waals surface area contributed by atoms with Crippen LogP contribution in [0.3, 0.4) is 0 Å². The van der Waals surface area contributed by atoms with Gasteiger partial charge in [0.25, 0.3) is 0 Å². The molecular weight excluding hydrogens is 373 g/mol. The molecule has 1 unspecified atom stereocenters. The largest absolute Gasteiger partial charge is 0.481 e. The fourth-order valence-corrected chi connectivity index (χ4v) is 3.40. The molecule has 140 valence electrons. The summed E-state index contributed by atoms with van der Waals surface area (Å²) in [6, 6.07) is 13.4. The van der Waals surface area contributed by atoms with Gasteiger partial charge in [0.05, 0.1) is 11.5 Å². The highest BCUT2D eigenvalue weighted by atomic mass is 32.1. The molecule has 0 saturated heterocycles. The minimum Gasteiger partial charge on any atom is -0.481 e. The average Bonchev–Trinajstić information content (AvgIpc) is 3.04. The summed E-state index contributed by atoms with van der Waals surface area (Å²) < 4.78 is 20.8. The third kappa shape index (κ3) is 8.15. The van der Waals surface area contributed by atoms with Crippen LogP contribution in [-0.2, 0) is 15.5 Å². The zero-order valence-corrected chi connectivity index (χ0v) is 16.1. The van der Waals surface area contributed by atoms with Crippen molar-refractivity contribution in [3.8, 4) is 17.6 Å². The molecule has 0 aliphatic carbocycles. The van der Waals surface area contributed by atoms with Gasteiger partial charge in [-0.2, -0.15) is 0 Å². The SMILES string of the molecule is CC(N)(CCc1ccc(C#CCOc2ccccc2)s1)COP(=O)(O)O. The van der Waals surface area contributed by atoms with Crippen LogP contribution in [0.1, 0.15) is 23.1 Å². The molecule has 0 aliphatic rings. The van der Waals surface area contributed by atoms with Gasteiger partial charge in [0.1, 0.15) is 12.4 Å². The first kappa shape index (κ1) is 20.7. The molecule has 0 fully saturated rings. The second-order valence-corrected chi connectivity index (χ2v) is 8.50. The fourth-order valence-electron chi connectivity index (χ4n) is 2.05. The van der Waals surface area contributed by atoms with E-state index in [1.165, 1.54) is 0 Å². The maximum Gasteiger partial charge on any atom is 0.469 e. The molecular formula is C18H22NO5PS. The number of rotatable bonds is 8. The summed E-state index contributed by atoms with van der Waals surface area (Å²) in [6.45, 7) is 1.82. The normalized spacial score (nSPS) is 13.5. The molecule has 0 aliphatic heterocycles. The molecule has 26 heavy (non-hydrogen) atoms. The summed E-state index contributed by atoms with van der Waals surface area (Å²) >= 11 is 1.56. The number of nitrogens with two attached hydrogens (primary N) is 1. The molecule has 4 N–H and O–H groups in total. The van der Waals surface area contributed by atoms with Gasteiger partial charge in [0.2, 0.25) is 0 Å². The van der Waals surface area contributed by atoms with Crippen molar-refractivity contribution in [2.24, 2.45) is 5.73 Å². The van der Waals surface area contributed by atoms with Crippen molar-refractivity contribution < 1.29 is 23.6 Å². The highest BCUT2D eigenvalue weighted by molar-refractivity contribution is 7.46. The first-order valence-electron chi connectivity index (χ1n) is 7.98. The van der Waals surface area contributed by atoms with Gasteiger partial charge in [-0.05, 0) is 44.0 Å². The van der Waals surface area contributed by atoms with Gasteiger partial charge in [0.15, 0.2) is 0 Å². The zero-order valence-electron chi connectivity index (χ0n) is 14.4.